The van der Waals surface area contributed by atoms with Gasteiger partial charge in [-0.15, -0.1) is 0 Å². The van der Waals surface area contributed by atoms with E-state index in [-0.39, 0.29) is 6.04 Å². The third-order valence-corrected chi connectivity index (χ3v) is 9.82. The number of pyridine rings is 1. The van der Waals surface area contributed by atoms with E-state index in [1.165, 1.54) is 71.4 Å². The molecule has 45 heavy (non-hydrogen) atoms. The van der Waals surface area contributed by atoms with Gasteiger partial charge in [-0.2, -0.15) is 0 Å². The lowest BCUT2D eigenvalue weighted by atomic mass is 10.1. The number of rotatable bonds is 3. The van der Waals surface area contributed by atoms with Crippen molar-refractivity contribution in [2.45, 2.75) is 25.3 Å². The third kappa shape index (κ3) is 3.45. The molecule has 1 unspecified atom stereocenters. The molecule has 4 heterocycles. The normalized spacial score (nSPS) is 16.9. The Morgan fingerprint density at radius 1 is 0.600 bits per heavy atom. The fraction of sp³-hybridized carbons (Fsp3) is 0.0976. The highest BCUT2D eigenvalue weighted by Gasteiger charge is 2.26. The van der Waals surface area contributed by atoms with E-state index in [4.69, 9.17) is 4.98 Å². The lowest BCUT2D eigenvalue weighted by molar-refractivity contribution is 0.648. The minimum absolute atomic E-state index is 0.129. The summed E-state index contributed by atoms with van der Waals surface area (Å²) >= 11 is 0. The number of hydrogen-bond acceptors (Lipinski definition) is 1. The fourth-order valence-corrected chi connectivity index (χ4v) is 7.96. The largest absolute Gasteiger partial charge is 0.331 e. The molecule has 4 aromatic carbocycles. The maximum atomic E-state index is 5.17. The smallest absolute Gasteiger partial charge is 0.0985 e. The average molecular weight is 579 g/mol. The van der Waals surface area contributed by atoms with Crippen molar-refractivity contribution in [3.05, 3.63) is 140 Å². The summed E-state index contributed by atoms with van der Waals surface area (Å²) in [7, 11) is 0. The summed E-state index contributed by atoms with van der Waals surface area (Å²) in [6, 6.07) is 35.3. The predicted molar refractivity (Wildman–Crippen MR) is 189 cm³/mol. The van der Waals surface area contributed by atoms with Crippen molar-refractivity contribution in [3.63, 3.8) is 0 Å². The maximum absolute atomic E-state index is 5.17. The van der Waals surface area contributed by atoms with Gasteiger partial charge in [0.15, 0.2) is 0 Å². The third-order valence-electron chi connectivity index (χ3n) is 9.82. The van der Waals surface area contributed by atoms with Crippen LogP contribution < -0.4 is 0 Å². The van der Waals surface area contributed by atoms with Gasteiger partial charge in [-0.05, 0) is 61.8 Å². The second-order valence-corrected chi connectivity index (χ2v) is 12.2. The van der Waals surface area contributed by atoms with Crippen LogP contribution in [0.4, 0.5) is 0 Å². The lowest BCUT2D eigenvalue weighted by Crippen LogP contribution is -2.11. The Balaban J connectivity index is 1.31. The summed E-state index contributed by atoms with van der Waals surface area (Å²) in [5.41, 5.74) is 11.0. The van der Waals surface area contributed by atoms with Crippen LogP contribution in [0.2, 0.25) is 0 Å². The van der Waals surface area contributed by atoms with Gasteiger partial charge in [0, 0.05) is 50.0 Å². The minimum atomic E-state index is 0.129. The van der Waals surface area contributed by atoms with Gasteiger partial charge in [-0.3, -0.25) is 4.98 Å². The molecule has 0 radical (unpaired) electrons. The topological polar surface area (TPSA) is 27.7 Å². The number of hydrogen-bond donors (Lipinski definition) is 0. The molecule has 0 saturated carbocycles. The van der Waals surface area contributed by atoms with Crippen molar-refractivity contribution in [1.29, 1.82) is 0 Å². The average Bonchev–Trinajstić information content (AvgIpc) is 3.75. The van der Waals surface area contributed by atoms with Crippen LogP contribution in [0, 0.1) is 0 Å². The second-order valence-electron chi connectivity index (χ2n) is 12.2. The van der Waals surface area contributed by atoms with Gasteiger partial charge in [0.25, 0.3) is 0 Å². The molecule has 2 aliphatic rings. The molecule has 0 fully saturated rings. The maximum Gasteiger partial charge on any atom is 0.0985 e. The molecule has 0 amide bonds. The van der Waals surface area contributed by atoms with Gasteiger partial charge in [0.05, 0.1) is 39.1 Å². The number of benzene rings is 4. The van der Waals surface area contributed by atoms with Gasteiger partial charge in [0.2, 0.25) is 0 Å². The Kier molecular flexibility index (Phi) is 5.20. The summed E-state index contributed by atoms with van der Waals surface area (Å²) < 4.78 is 7.53. The molecule has 0 saturated heterocycles. The molecule has 10 rings (SSSR count). The number of nitrogens with zero attached hydrogens (tertiary/aromatic N) is 4. The molecule has 214 valence electrons. The monoisotopic (exact) mass is 578 g/mol. The highest BCUT2D eigenvalue weighted by Crippen LogP contribution is 2.43. The highest BCUT2D eigenvalue weighted by molar-refractivity contribution is 6.22. The minimum Gasteiger partial charge on any atom is -0.331 e. The van der Waals surface area contributed by atoms with Crippen molar-refractivity contribution >= 4 is 76.9 Å². The summed E-state index contributed by atoms with van der Waals surface area (Å²) in [5, 5.41) is 6.22. The molecule has 2 aliphatic carbocycles. The molecular weight excluding hydrogens is 548 g/mol. The number of para-hydroxylation sites is 4. The Morgan fingerprint density at radius 3 is 1.91 bits per heavy atom. The number of aromatic nitrogens is 4. The Bertz CT molecular complexity index is 2580. The molecule has 4 aromatic heterocycles. The standard InChI is InChI=1S/C41H30N4/c1-2-13-27(14-3-1)44-38-24-11-7-20-33(38)39-41(44)40-34(26-42-39)32-19-6-10-23-37(32)45(40)29-16-12-15-28(25-29)43-35-21-8-4-17-30(35)31-18-5-9-22-36(31)43/h1-2,4-13,15,17-26,29H,3,14,16H2. The molecule has 8 aromatic rings. The van der Waals surface area contributed by atoms with Crippen LogP contribution in [0.15, 0.2) is 140 Å². The van der Waals surface area contributed by atoms with Crippen LogP contribution in [-0.2, 0) is 0 Å². The molecule has 0 spiro atoms. The van der Waals surface area contributed by atoms with Crippen molar-refractivity contribution in [2.24, 2.45) is 0 Å². The van der Waals surface area contributed by atoms with E-state index in [9.17, 15) is 0 Å². The zero-order valence-electron chi connectivity index (χ0n) is 24.8. The Labute approximate surface area is 260 Å². The van der Waals surface area contributed by atoms with E-state index in [1.807, 2.05) is 0 Å². The summed E-state index contributed by atoms with van der Waals surface area (Å²) in [4.78, 5) is 5.17. The zero-order chi connectivity index (χ0) is 29.5. The number of allylic oxidation sites excluding steroid dienone is 8. The van der Waals surface area contributed by atoms with Crippen molar-refractivity contribution < 1.29 is 0 Å². The van der Waals surface area contributed by atoms with E-state index >= 15 is 0 Å². The Hall–Kier alpha value is -5.61. The first-order chi connectivity index (χ1) is 22.4. The summed E-state index contributed by atoms with van der Waals surface area (Å²) in [6.45, 7) is 0. The molecule has 4 nitrogen and oxygen atoms in total. The summed E-state index contributed by atoms with van der Waals surface area (Å²) in [6.07, 6.45) is 19.0. The van der Waals surface area contributed by atoms with E-state index in [2.05, 4.69) is 153 Å². The van der Waals surface area contributed by atoms with Gasteiger partial charge < -0.3 is 13.7 Å². The Morgan fingerprint density at radius 2 is 1.22 bits per heavy atom. The van der Waals surface area contributed by atoms with Crippen molar-refractivity contribution in [2.75, 3.05) is 0 Å². The number of fused-ring (bicyclic) bond motifs is 10. The molecule has 0 aliphatic heterocycles. The van der Waals surface area contributed by atoms with Crippen LogP contribution >= 0.6 is 0 Å². The second kappa shape index (κ2) is 9.44. The molecule has 0 bridgehead atoms. The SMILES string of the molecule is C1=CCCC(n2c3ccccc3c3ncc4c5ccccc5n(C5C=C(n6c7ccccc7c7ccccc76)C=CC5)c4c32)=C1. The van der Waals surface area contributed by atoms with Gasteiger partial charge >= 0.3 is 0 Å². The first kappa shape index (κ1) is 24.8. The first-order valence-electron chi connectivity index (χ1n) is 15.9. The van der Waals surface area contributed by atoms with E-state index in [1.54, 1.807) is 0 Å². The van der Waals surface area contributed by atoms with Gasteiger partial charge in [-0.25, -0.2) is 0 Å². The first-order valence-corrected chi connectivity index (χ1v) is 15.9. The molecular formula is C41H30N4. The van der Waals surface area contributed by atoms with Crippen LogP contribution in [0.25, 0.3) is 76.9 Å². The molecule has 4 heteroatoms. The quantitative estimate of drug-likeness (QED) is 0.205. The molecule has 1 atom stereocenters. The predicted octanol–water partition coefficient (Wildman–Crippen LogP) is 10.6. The van der Waals surface area contributed by atoms with E-state index in [0.717, 1.165) is 24.8 Å². The fourth-order valence-electron chi connectivity index (χ4n) is 7.96. The zero-order valence-corrected chi connectivity index (χ0v) is 24.8. The lowest BCUT2D eigenvalue weighted by Gasteiger charge is -2.23. The van der Waals surface area contributed by atoms with Crippen LogP contribution in [-0.4, -0.2) is 18.7 Å². The van der Waals surface area contributed by atoms with Gasteiger partial charge in [0.1, 0.15) is 0 Å². The van der Waals surface area contributed by atoms with E-state index < -0.39 is 0 Å². The van der Waals surface area contributed by atoms with Crippen LogP contribution in [0.3, 0.4) is 0 Å². The van der Waals surface area contributed by atoms with Gasteiger partial charge in [-0.1, -0.05) is 91.0 Å². The van der Waals surface area contributed by atoms with Crippen molar-refractivity contribution in [1.82, 2.24) is 18.7 Å². The highest BCUT2D eigenvalue weighted by atomic mass is 15.1. The van der Waals surface area contributed by atoms with E-state index in [0.29, 0.717) is 0 Å². The molecule has 0 N–H and O–H groups in total. The van der Waals surface area contributed by atoms with Crippen molar-refractivity contribution in [3.8, 4) is 0 Å². The summed E-state index contributed by atoms with van der Waals surface area (Å²) in [5.74, 6) is 0. The van der Waals surface area contributed by atoms with Crippen LogP contribution in [0.5, 0.6) is 0 Å². The van der Waals surface area contributed by atoms with Crippen LogP contribution in [0.1, 0.15) is 25.3 Å².